The summed E-state index contributed by atoms with van der Waals surface area (Å²) in [5, 5.41) is 20.7. The molecule has 1 atom stereocenters. The maximum absolute atomic E-state index is 10.8. The molecule has 0 radical (unpaired) electrons. The van der Waals surface area contributed by atoms with Gasteiger partial charge in [0.05, 0.1) is 10.6 Å². The number of nitrogens with zero attached hydrogens (tertiary/aromatic N) is 1. The van der Waals surface area contributed by atoms with Crippen LogP contribution in [0.3, 0.4) is 0 Å². The number of carboxylic acids is 1. The summed E-state index contributed by atoms with van der Waals surface area (Å²) >= 11 is 5.83. The van der Waals surface area contributed by atoms with Crippen molar-refractivity contribution in [3.05, 3.63) is 28.8 Å². The smallest absolute Gasteiger partial charge is 0.326 e. The molecule has 0 spiro atoms. The van der Waals surface area contributed by atoms with Gasteiger partial charge in [-0.2, -0.15) is 5.26 Å². The van der Waals surface area contributed by atoms with Gasteiger partial charge >= 0.3 is 5.97 Å². The summed E-state index contributed by atoms with van der Waals surface area (Å²) in [4.78, 5) is 10.8. The molecule has 0 saturated heterocycles. The summed E-state index contributed by atoms with van der Waals surface area (Å²) in [6.45, 7) is 1.77. The summed E-state index contributed by atoms with van der Waals surface area (Å²) in [5.41, 5.74) is 0.967. The summed E-state index contributed by atoms with van der Waals surface area (Å²) < 4.78 is 0. The van der Waals surface area contributed by atoms with Crippen LogP contribution in [0.25, 0.3) is 0 Å². The van der Waals surface area contributed by atoms with E-state index in [0.29, 0.717) is 22.7 Å². The van der Waals surface area contributed by atoms with Crippen molar-refractivity contribution in [1.29, 1.82) is 5.26 Å². The second-order valence-electron chi connectivity index (χ2n) is 3.25. The van der Waals surface area contributed by atoms with E-state index in [2.05, 4.69) is 5.32 Å². The van der Waals surface area contributed by atoms with E-state index in [4.69, 9.17) is 22.0 Å². The highest BCUT2D eigenvalue weighted by Crippen LogP contribution is 2.21. The molecule has 0 amide bonds. The molecule has 2 N–H and O–H groups in total. The zero-order valence-electron chi connectivity index (χ0n) is 8.70. The normalized spacial score (nSPS) is 11.6. The van der Waals surface area contributed by atoms with Gasteiger partial charge in [0.1, 0.15) is 12.1 Å². The van der Waals surface area contributed by atoms with Gasteiger partial charge in [-0.3, -0.25) is 0 Å². The van der Waals surface area contributed by atoms with Crippen LogP contribution in [0.2, 0.25) is 5.02 Å². The number of carboxylic acid groups (broad SMARTS) is 1. The minimum atomic E-state index is -0.914. The van der Waals surface area contributed by atoms with Crippen LogP contribution in [0, 0.1) is 11.3 Å². The van der Waals surface area contributed by atoms with E-state index in [9.17, 15) is 4.79 Å². The van der Waals surface area contributed by atoms with Gasteiger partial charge in [0, 0.05) is 5.69 Å². The van der Waals surface area contributed by atoms with Crippen LogP contribution in [0.15, 0.2) is 18.2 Å². The Hall–Kier alpha value is -1.73. The average molecular weight is 239 g/mol. The number of hydrogen-bond acceptors (Lipinski definition) is 3. The van der Waals surface area contributed by atoms with Crippen molar-refractivity contribution in [3.8, 4) is 6.07 Å². The fourth-order valence-corrected chi connectivity index (χ4v) is 1.46. The Morgan fingerprint density at radius 1 is 1.69 bits per heavy atom. The lowest BCUT2D eigenvalue weighted by atomic mass is 10.2. The number of hydrogen-bond donors (Lipinski definition) is 2. The van der Waals surface area contributed by atoms with Gasteiger partial charge in [0.25, 0.3) is 0 Å². The molecule has 0 aliphatic heterocycles. The maximum Gasteiger partial charge on any atom is 0.326 e. The fourth-order valence-electron chi connectivity index (χ4n) is 1.24. The minimum absolute atomic E-state index is 0.313. The van der Waals surface area contributed by atoms with E-state index >= 15 is 0 Å². The molecule has 5 heteroatoms. The van der Waals surface area contributed by atoms with E-state index < -0.39 is 12.0 Å². The molecular formula is C11H11ClN2O2. The molecule has 84 valence electrons. The van der Waals surface area contributed by atoms with Gasteiger partial charge in [-0.15, -0.1) is 0 Å². The number of anilines is 1. The Balaban J connectivity index is 2.87. The number of nitrogens with one attached hydrogen (secondary N) is 1. The Morgan fingerprint density at radius 3 is 2.81 bits per heavy atom. The van der Waals surface area contributed by atoms with Crippen LogP contribution in [-0.4, -0.2) is 17.1 Å². The quantitative estimate of drug-likeness (QED) is 0.845. The lowest BCUT2D eigenvalue weighted by molar-refractivity contribution is -0.137. The van der Waals surface area contributed by atoms with Crippen LogP contribution in [-0.2, 0) is 4.79 Å². The monoisotopic (exact) mass is 238 g/mol. The summed E-state index contributed by atoms with van der Waals surface area (Å²) in [7, 11) is 0. The summed E-state index contributed by atoms with van der Waals surface area (Å²) in [5.74, 6) is -0.914. The van der Waals surface area contributed by atoms with E-state index in [1.54, 1.807) is 25.1 Å². The zero-order valence-corrected chi connectivity index (χ0v) is 9.45. The summed E-state index contributed by atoms with van der Waals surface area (Å²) in [6.07, 6.45) is 0.465. The summed E-state index contributed by atoms with van der Waals surface area (Å²) in [6, 6.07) is 6.02. The zero-order chi connectivity index (χ0) is 12.1. The molecule has 0 bridgehead atoms. The largest absolute Gasteiger partial charge is 0.480 e. The third-order valence-electron chi connectivity index (χ3n) is 2.14. The third-order valence-corrected chi connectivity index (χ3v) is 2.45. The van der Waals surface area contributed by atoms with Crippen LogP contribution in [0.4, 0.5) is 5.69 Å². The Bertz CT molecular complexity index is 440. The van der Waals surface area contributed by atoms with Gasteiger partial charge in [-0.1, -0.05) is 18.5 Å². The molecule has 1 unspecified atom stereocenters. The SMILES string of the molecule is CCC(Nc1ccc(C#N)c(Cl)c1)C(=O)O. The highest BCUT2D eigenvalue weighted by molar-refractivity contribution is 6.32. The van der Waals surface area contributed by atoms with Crippen molar-refractivity contribution >= 4 is 23.3 Å². The van der Waals surface area contributed by atoms with Crippen molar-refractivity contribution in [2.45, 2.75) is 19.4 Å². The van der Waals surface area contributed by atoms with Gasteiger partial charge in [0.15, 0.2) is 0 Å². The van der Waals surface area contributed by atoms with Crippen molar-refractivity contribution in [2.24, 2.45) is 0 Å². The molecule has 0 fully saturated rings. The lowest BCUT2D eigenvalue weighted by Gasteiger charge is -2.13. The predicted molar refractivity (Wildman–Crippen MR) is 61.5 cm³/mol. The van der Waals surface area contributed by atoms with Crippen LogP contribution < -0.4 is 5.32 Å². The van der Waals surface area contributed by atoms with Crippen LogP contribution in [0.1, 0.15) is 18.9 Å². The maximum atomic E-state index is 10.8. The Morgan fingerprint density at radius 2 is 2.38 bits per heavy atom. The molecule has 4 nitrogen and oxygen atoms in total. The molecule has 1 rings (SSSR count). The van der Waals surface area contributed by atoms with Crippen LogP contribution >= 0.6 is 11.6 Å². The first-order valence-electron chi connectivity index (χ1n) is 4.77. The topological polar surface area (TPSA) is 73.1 Å². The van der Waals surface area contributed by atoms with Crippen molar-refractivity contribution in [3.63, 3.8) is 0 Å². The highest BCUT2D eigenvalue weighted by atomic mass is 35.5. The average Bonchev–Trinajstić information content (AvgIpc) is 2.25. The number of nitriles is 1. The first kappa shape index (κ1) is 12.3. The minimum Gasteiger partial charge on any atom is -0.480 e. The Labute approximate surface area is 98.5 Å². The molecule has 0 heterocycles. The Kier molecular flexibility index (Phi) is 4.15. The molecule has 1 aromatic carbocycles. The van der Waals surface area contributed by atoms with E-state index in [-0.39, 0.29) is 0 Å². The molecule has 0 aromatic heterocycles. The first-order chi connectivity index (χ1) is 7.58. The van der Waals surface area contributed by atoms with Crippen LogP contribution in [0.5, 0.6) is 0 Å². The second-order valence-corrected chi connectivity index (χ2v) is 3.66. The number of aliphatic carboxylic acids is 1. The number of rotatable bonds is 4. The van der Waals surface area contributed by atoms with E-state index in [1.807, 2.05) is 6.07 Å². The fraction of sp³-hybridized carbons (Fsp3) is 0.273. The molecular weight excluding hydrogens is 228 g/mol. The number of carbonyl (C=O) groups is 1. The lowest BCUT2D eigenvalue weighted by Crippen LogP contribution is -2.28. The van der Waals surface area contributed by atoms with Gasteiger partial charge in [-0.05, 0) is 24.6 Å². The first-order valence-corrected chi connectivity index (χ1v) is 5.15. The molecule has 16 heavy (non-hydrogen) atoms. The highest BCUT2D eigenvalue weighted by Gasteiger charge is 2.14. The standard InChI is InChI=1S/C11H11ClN2O2/c1-2-10(11(15)16)14-8-4-3-7(6-13)9(12)5-8/h3-5,10,14H,2H2,1H3,(H,15,16). The third kappa shape index (κ3) is 2.88. The van der Waals surface area contributed by atoms with Crippen molar-refractivity contribution in [2.75, 3.05) is 5.32 Å². The molecule has 0 aliphatic carbocycles. The van der Waals surface area contributed by atoms with Gasteiger partial charge in [0.2, 0.25) is 0 Å². The van der Waals surface area contributed by atoms with Gasteiger partial charge < -0.3 is 10.4 Å². The molecule has 0 saturated carbocycles. The van der Waals surface area contributed by atoms with Gasteiger partial charge in [-0.25, -0.2) is 4.79 Å². The molecule has 1 aromatic rings. The van der Waals surface area contributed by atoms with Crippen molar-refractivity contribution in [1.82, 2.24) is 0 Å². The second kappa shape index (κ2) is 5.38. The van der Waals surface area contributed by atoms with E-state index in [1.165, 1.54) is 0 Å². The number of halogens is 1. The molecule has 0 aliphatic rings. The van der Waals surface area contributed by atoms with Crippen molar-refractivity contribution < 1.29 is 9.90 Å². The number of benzene rings is 1. The predicted octanol–water partition coefficient (Wildman–Crippen LogP) is 2.49. The van der Waals surface area contributed by atoms with E-state index in [0.717, 1.165) is 0 Å².